The van der Waals surface area contributed by atoms with Gasteiger partial charge in [-0.1, -0.05) is 12.8 Å². The smallest absolute Gasteiger partial charge is 0.233 e. The van der Waals surface area contributed by atoms with Gasteiger partial charge in [-0.3, -0.25) is 9.71 Å². The first kappa shape index (κ1) is 11.9. The molecule has 1 heterocycles. The maximum atomic E-state index is 11.9. The van der Waals surface area contributed by atoms with E-state index in [-0.39, 0.29) is 5.75 Å². The summed E-state index contributed by atoms with van der Waals surface area (Å²) in [5, 5.41) is 0. The molecule has 0 aliphatic heterocycles. The Kier molecular flexibility index (Phi) is 2.97. The topological polar surface area (TPSA) is 72.0 Å². The predicted molar refractivity (Wildman–Crippen MR) is 68.8 cm³/mol. The van der Waals surface area contributed by atoms with Crippen LogP contribution in [0.15, 0.2) is 12.4 Å². The second-order valence-corrected chi connectivity index (χ2v) is 7.06. The van der Waals surface area contributed by atoms with E-state index in [0.717, 1.165) is 25.0 Å². The summed E-state index contributed by atoms with van der Waals surface area (Å²) >= 11 is 0. The van der Waals surface area contributed by atoms with Gasteiger partial charge in [0.15, 0.2) is 5.82 Å². The first-order valence-corrected chi connectivity index (χ1v) is 8.11. The van der Waals surface area contributed by atoms with Crippen molar-refractivity contribution in [1.82, 2.24) is 9.97 Å². The van der Waals surface area contributed by atoms with Gasteiger partial charge < -0.3 is 0 Å². The number of hydrogen-bond acceptors (Lipinski definition) is 4. The highest BCUT2D eigenvalue weighted by Gasteiger charge is 2.30. The average Bonchev–Trinajstić information content (AvgIpc) is 3.20. The molecule has 5 nitrogen and oxygen atoms in total. The highest BCUT2D eigenvalue weighted by atomic mass is 32.2. The summed E-state index contributed by atoms with van der Waals surface area (Å²) in [6.45, 7) is 0. The Morgan fingerprint density at radius 1 is 1.17 bits per heavy atom. The van der Waals surface area contributed by atoms with Crippen molar-refractivity contribution >= 4 is 15.8 Å². The Bertz CT molecular complexity index is 536. The molecular formula is C12H17N3O2S. The van der Waals surface area contributed by atoms with Gasteiger partial charge in [-0.2, -0.15) is 0 Å². The molecule has 1 aromatic rings. The van der Waals surface area contributed by atoms with E-state index in [1.807, 2.05) is 0 Å². The number of aromatic nitrogens is 2. The number of anilines is 1. The molecule has 2 aliphatic carbocycles. The van der Waals surface area contributed by atoms with E-state index >= 15 is 0 Å². The lowest BCUT2D eigenvalue weighted by molar-refractivity contribution is 0.595. The van der Waals surface area contributed by atoms with Gasteiger partial charge in [0.2, 0.25) is 10.0 Å². The van der Waals surface area contributed by atoms with Crippen molar-refractivity contribution in [3.05, 3.63) is 18.1 Å². The van der Waals surface area contributed by atoms with Gasteiger partial charge >= 0.3 is 0 Å². The van der Waals surface area contributed by atoms with Crippen molar-refractivity contribution in [1.29, 1.82) is 0 Å². The summed E-state index contributed by atoms with van der Waals surface area (Å²) in [5.74, 6) is 1.63. The van der Waals surface area contributed by atoms with Crippen LogP contribution in [0.1, 0.15) is 43.7 Å². The van der Waals surface area contributed by atoms with Gasteiger partial charge in [-0.25, -0.2) is 13.4 Å². The third-order valence-corrected chi connectivity index (χ3v) is 4.71. The molecule has 0 aromatic carbocycles. The third-order valence-electron chi connectivity index (χ3n) is 3.43. The van der Waals surface area contributed by atoms with E-state index in [2.05, 4.69) is 14.7 Å². The lowest BCUT2D eigenvalue weighted by Gasteiger charge is -2.09. The highest BCUT2D eigenvalue weighted by Crippen LogP contribution is 2.41. The second-order valence-electron chi connectivity index (χ2n) is 5.22. The molecule has 6 heteroatoms. The predicted octanol–water partition coefficient (Wildman–Crippen LogP) is 1.90. The lowest BCUT2D eigenvalue weighted by Crippen LogP contribution is -2.19. The van der Waals surface area contributed by atoms with E-state index in [9.17, 15) is 8.42 Å². The second kappa shape index (κ2) is 4.50. The van der Waals surface area contributed by atoms with Crippen molar-refractivity contribution in [2.75, 3.05) is 10.5 Å². The fraction of sp³-hybridized carbons (Fsp3) is 0.667. The molecule has 0 bridgehead atoms. The molecular weight excluding hydrogens is 250 g/mol. The number of rotatable bonds is 6. The van der Waals surface area contributed by atoms with E-state index in [1.165, 1.54) is 19.0 Å². The van der Waals surface area contributed by atoms with Crippen molar-refractivity contribution in [3.8, 4) is 0 Å². The monoisotopic (exact) mass is 267 g/mol. The Morgan fingerprint density at radius 2 is 1.89 bits per heavy atom. The summed E-state index contributed by atoms with van der Waals surface area (Å²) in [7, 11) is -3.27. The summed E-state index contributed by atoms with van der Waals surface area (Å²) < 4.78 is 26.5. The summed E-state index contributed by atoms with van der Waals surface area (Å²) in [5.41, 5.74) is 0.799. The molecule has 98 valence electrons. The molecule has 18 heavy (non-hydrogen) atoms. The Labute approximate surface area is 107 Å². The molecule has 3 rings (SSSR count). The number of nitrogens with zero attached hydrogens (tertiary/aromatic N) is 2. The van der Waals surface area contributed by atoms with E-state index in [4.69, 9.17) is 0 Å². The largest absolute Gasteiger partial charge is 0.266 e. The number of sulfonamides is 1. The van der Waals surface area contributed by atoms with Gasteiger partial charge in [0, 0.05) is 18.3 Å². The molecule has 2 saturated carbocycles. The lowest BCUT2D eigenvalue weighted by atomic mass is 10.3. The highest BCUT2D eigenvalue weighted by molar-refractivity contribution is 7.92. The first-order valence-electron chi connectivity index (χ1n) is 6.45. The van der Waals surface area contributed by atoms with Gasteiger partial charge in [-0.15, -0.1) is 0 Å². The molecule has 1 aromatic heterocycles. The zero-order valence-electron chi connectivity index (χ0n) is 10.2. The quantitative estimate of drug-likeness (QED) is 0.854. The SMILES string of the molecule is O=S(=O)(CCC1CC1)Nc1nccnc1C1CC1. The van der Waals surface area contributed by atoms with E-state index < -0.39 is 10.0 Å². The standard InChI is InChI=1S/C12H17N3O2S/c16-18(17,8-5-9-1-2-9)15-12-11(10-3-4-10)13-6-7-14-12/h6-7,9-10H,1-5,8H2,(H,14,15). The third kappa shape index (κ3) is 2.98. The number of nitrogens with one attached hydrogen (secondary N) is 1. The van der Waals surface area contributed by atoms with Gasteiger partial charge in [0.05, 0.1) is 11.4 Å². The van der Waals surface area contributed by atoms with Crippen LogP contribution >= 0.6 is 0 Å². The minimum absolute atomic E-state index is 0.193. The zero-order chi connectivity index (χ0) is 12.6. The molecule has 0 amide bonds. The van der Waals surface area contributed by atoms with Crippen molar-refractivity contribution in [2.24, 2.45) is 5.92 Å². The summed E-state index contributed by atoms with van der Waals surface area (Å²) in [6, 6.07) is 0. The maximum absolute atomic E-state index is 11.9. The zero-order valence-corrected chi connectivity index (χ0v) is 11.0. The minimum atomic E-state index is -3.27. The maximum Gasteiger partial charge on any atom is 0.233 e. The van der Waals surface area contributed by atoms with Crippen LogP contribution in [0.5, 0.6) is 0 Å². The van der Waals surface area contributed by atoms with Gasteiger partial charge in [0.1, 0.15) is 0 Å². The molecule has 0 atom stereocenters. The van der Waals surface area contributed by atoms with Crippen LogP contribution in [-0.4, -0.2) is 24.1 Å². The van der Waals surface area contributed by atoms with Crippen LogP contribution in [0.25, 0.3) is 0 Å². The van der Waals surface area contributed by atoms with Crippen LogP contribution in [0.2, 0.25) is 0 Å². The Hall–Kier alpha value is -1.17. The van der Waals surface area contributed by atoms with E-state index in [1.54, 1.807) is 6.20 Å². The molecule has 2 aliphatic rings. The van der Waals surface area contributed by atoms with Crippen LogP contribution in [-0.2, 0) is 10.0 Å². The van der Waals surface area contributed by atoms with Crippen LogP contribution in [0.3, 0.4) is 0 Å². The van der Waals surface area contributed by atoms with Crippen molar-refractivity contribution in [2.45, 2.75) is 38.0 Å². The fourth-order valence-corrected chi connectivity index (χ4v) is 3.21. The van der Waals surface area contributed by atoms with Crippen molar-refractivity contribution < 1.29 is 8.42 Å². The molecule has 0 spiro atoms. The van der Waals surface area contributed by atoms with E-state index in [0.29, 0.717) is 17.7 Å². The molecule has 0 saturated heterocycles. The van der Waals surface area contributed by atoms with Crippen LogP contribution in [0, 0.1) is 5.92 Å². The molecule has 2 fully saturated rings. The first-order chi connectivity index (χ1) is 8.64. The summed E-state index contributed by atoms with van der Waals surface area (Å²) in [4.78, 5) is 8.36. The van der Waals surface area contributed by atoms with Crippen LogP contribution in [0.4, 0.5) is 5.82 Å². The normalized spacial score (nSPS) is 19.8. The Morgan fingerprint density at radius 3 is 2.56 bits per heavy atom. The summed E-state index contributed by atoms with van der Waals surface area (Å²) in [6.07, 6.45) is 8.42. The van der Waals surface area contributed by atoms with Gasteiger partial charge in [-0.05, 0) is 25.2 Å². The Balaban J connectivity index is 1.70. The fourth-order valence-electron chi connectivity index (χ4n) is 2.01. The van der Waals surface area contributed by atoms with Crippen molar-refractivity contribution in [3.63, 3.8) is 0 Å². The molecule has 0 unspecified atom stereocenters. The molecule has 1 N–H and O–H groups in total. The van der Waals surface area contributed by atoms with Gasteiger partial charge in [0.25, 0.3) is 0 Å². The average molecular weight is 267 g/mol. The van der Waals surface area contributed by atoms with Crippen LogP contribution < -0.4 is 4.72 Å². The number of hydrogen-bond donors (Lipinski definition) is 1. The minimum Gasteiger partial charge on any atom is -0.266 e. The molecule has 0 radical (unpaired) electrons.